The summed E-state index contributed by atoms with van der Waals surface area (Å²) in [5.74, 6) is 0.516. The zero-order chi connectivity index (χ0) is 21.0. The lowest BCUT2D eigenvalue weighted by atomic mass is 9.98. The summed E-state index contributed by atoms with van der Waals surface area (Å²) in [4.78, 5) is 17.6. The van der Waals surface area contributed by atoms with Crippen molar-refractivity contribution in [2.75, 3.05) is 37.6 Å². The first-order chi connectivity index (χ1) is 13.8. The van der Waals surface area contributed by atoms with E-state index in [9.17, 15) is 4.79 Å². The predicted octanol–water partition coefficient (Wildman–Crippen LogP) is 3.42. The van der Waals surface area contributed by atoms with Crippen molar-refractivity contribution in [3.8, 4) is 0 Å². The second-order valence-corrected chi connectivity index (χ2v) is 8.33. The summed E-state index contributed by atoms with van der Waals surface area (Å²) in [5, 5.41) is 7.12. The van der Waals surface area contributed by atoms with Crippen molar-refractivity contribution in [3.05, 3.63) is 46.8 Å². The minimum atomic E-state index is -0.249. The molecule has 1 saturated heterocycles. The fourth-order valence-corrected chi connectivity index (χ4v) is 4.11. The first-order valence-corrected chi connectivity index (χ1v) is 10.6. The third-order valence-electron chi connectivity index (χ3n) is 5.92. The number of nitrogens with zero attached hydrogens (tertiary/aromatic N) is 3. The fraction of sp³-hybridized carbons (Fsp3) is 0.565. The van der Waals surface area contributed by atoms with E-state index >= 15 is 0 Å². The molecular weight excluding hydrogens is 364 g/mol. The van der Waals surface area contributed by atoms with Crippen LogP contribution in [0.2, 0.25) is 0 Å². The number of aryl methyl sites for hydroxylation is 3. The van der Waals surface area contributed by atoms with Crippen LogP contribution in [0.15, 0.2) is 28.8 Å². The second kappa shape index (κ2) is 9.44. The normalized spacial score (nSPS) is 17.2. The summed E-state index contributed by atoms with van der Waals surface area (Å²) in [5.41, 5.74) is 4.32. The molecule has 1 N–H and O–H groups in total. The van der Waals surface area contributed by atoms with Crippen LogP contribution in [-0.4, -0.2) is 54.7 Å². The molecule has 6 nitrogen and oxygen atoms in total. The summed E-state index contributed by atoms with van der Waals surface area (Å²) in [6, 6.07) is 8.86. The van der Waals surface area contributed by atoms with Gasteiger partial charge in [-0.15, -0.1) is 0 Å². The first kappa shape index (κ1) is 21.4. The molecule has 2 aromatic rings. The third kappa shape index (κ3) is 5.38. The Bertz CT molecular complexity index is 805. The average Bonchev–Trinajstić information content (AvgIpc) is 3.04. The number of piperazine rings is 1. The van der Waals surface area contributed by atoms with Crippen LogP contribution in [0.3, 0.4) is 0 Å². The van der Waals surface area contributed by atoms with Crippen molar-refractivity contribution >= 4 is 11.6 Å². The average molecular weight is 399 g/mol. The van der Waals surface area contributed by atoms with E-state index in [2.05, 4.69) is 58.4 Å². The van der Waals surface area contributed by atoms with E-state index in [1.165, 1.54) is 11.3 Å². The molecule has 0 aliphatic carbocycles. The Labute approximate surface area is 174 Å². The standard InChI is InChI=1S/C23H34N4O2/c1-16-7-6-8-21(15-16)27-13-11-26(12-14-27)10-9-17(2)24-23(28)18(3)22-19(4)25-29-20(22)5/h6-8,15,17-18H,9-14H2,1-5H3,(H,24,28). The number of benzene rings is 1. The lowest BCUT2D eigenvalue weighted by Crippen LogP contribution is -2.47. The van der Waals surface area contributed by atoms with Crippen LogP contribution in [0.1, 0.15) is 48.8 Å². The lowest BCUT2D eigenvalue weighted by molar-refractivity contribution is -0.122. The van der Waals surface area contributed by atoms with Crippen LogP contribution < -0.4 is 10.2 Å². The number of anilines is 1. The van der Waals surface area contributed by atoms with Gasteiger partial charge in [0.05, 0.1) is 11.6 Å². The van der Waals surface area contributed by atoms with Crippen molar-refractivity contribution < 1.29 is 9.32 Å². The van der Waals surface area contributed by atoms with Gasteiger partial charge in [-0.25, -0.2) is 0 Å². The molecule has 0 bridgehead atoms. The molecule has 1 aromatic carbocycles. The number of carbonyl (C=O) groups excluding carboxylic acids is 1. The van der Waals surface area contributed by atoms with Crippen LogP contribution in [0.25, 0.3) is 0 Å². The molecule has 0 saturated carbocycles. The first-order valence-electron chi connectivity index (χ1n) is 10.6. The zero-order valence-electron chi connectivity index (χ0n) is 18.4. The molecule has 1 aromatic heterocycles. The molecule has 0 spiro atoms. The van der Waals surface area contributed by atoms with Gasteiger partial charge in [-0.3, -0.25) is 9.69 Å². The molecule has 3 rings (SSSR count). The maximum absolute atomic E-state index is 12.6. The minimum Gasteiger partial charge on any atom is -0.369 e. The molecule has 1 aliphatic heterocycles. The SMILES string of the molecule is Cc1cccc(N2CCN(CCC(C)NC(=O)C(C)c3c(C)noc3C)CC2)c1. The number of nitrogens with one attached hydrogen (secondary N) is 1. The van der Waals surface area contributed by atoms with Crippen LogP contribution in [0, 0.1) is 20.8 Å². The number of rotatable bonds is 7. The zero-order valence-corrected chi connectivity index (χ0v) is 18.4. The van der Waals surface area contributed by atoms with Gasteiger partial charge in [0, 0.05) is 50.0 Å². The summed E-state index contributed by atoms with van der Waals surface area (Å²) in [6.07, 6.45) is 0.949. The largest absolute Gasteiger partial charge is 0.369 e. The highest BCUT2D eigenvalue weighted by atomic mass is 16.5. The van der Waals surface area contributed by atoms with Gasteiger partial charge in [-0.2, -0.15) is 0 Å². The van der Waals surface area contributed by atoms with Gasteiger partial charge in [-0.05, 0) is 58.7 Å². The number of hydrogen-bond donors (Lipinski definition) is 1. The van der Waals surface area contributed by atoms with E-state index in [0.717, 1.165) is 56.2 Å². The van der Waals surface area contributed by atoms with Gasteiger partial charge in [0.25, 0.3) is 0 Å². The van der Waals surface area contributed by atoms with Crippen LogP contribution in [0.4, 0.5) is 5.69 Å². The molecule has 0 radical (unpaired) electrons. The molecule has 158 valence electrons. The molecule has 2 heterocycles. The summed E-state index contributed by atoms with van der Waals surface area (Å²) in [7, 11) is 0. The Morgan fingerprint density at radius 2 is 1.90 bits per heavy atom. The van der Waals surface area contributed by atoms with Crippen LogP contribution in [-0.2, 0) is 4.79 Å². The molecule has 1 fully saturated rings. The smallest absolute Gasteiger partial charge is 0.227 e. The highest BCUT2D eigenvalue weighted by molar-refractivity contribution is 5.83. The maximum atomic E-state index is 12.6. The lowest BCUT2D eigenvalue weighted by Gasteiger charge is -2.36. The van der Waals surface area contributed by atoms with E-state index in [-0.39, 0.29) is 17.9 Å². The minimum absolute atomic E-state index is 0.0381. The highest BCUT2D eigenvalue weighted by Gasteiger charge is 2.24. The molecule has 2 atom stereocenters. The highest BCUT2D eigenvalue weighted by Crippen LogP contribution is 2.23. The van der Waals surface area contributed by atoms with Crippen LogP contribution >= 0.6 is 0 Å². The van der Waals surface area contributed by atoms with E-state index in [1.807, 2.05) is 20.8 Å². The van der Waals surface area contributed by atoms with Gasteiger partial charge in [-0.1, -0.05) is 17.3 Å². The number of carbonyl (C=O) groups is 1. The van der Waals surface area contributed by atoms with E-state index in [4.69, 9.17) is 4.52 Å². The van der Waals surface area contributed by atoms with E-state index < -0.39 is 0 Å². The number of hydrogen-bond acceptors (Lipinski definition) is 5. The quantitative estimate of drug-likeness (QED) is 0.774. The summed E-state index contributed by atoms with van der Waals surface area (Å²) >= 11 is 0. The molecule has 2 unspecified atom stereocenters. The fourth-order valence-electron chi connectivity index (χ4n) is 4.11. The molecule has 1 aliphatic rings. The monoisotopic (exact) mass is 398 g/mol. The topological polar surface area (TPSA) is 61.6 Å². The maximum Gasteiger partial charge on any atom is 0.227 e. The summed E-state index contributed by atoms with van der Waals surface area (Å²) < 4.78 is 5.20. The van der Waals surface area contributed by atoms with Gasteiger partial charge in [0.15, 0.2) is 0 Å². The van der Waals surface area contributed by atoms with Crippen molar-refractivity contribution in [2.24, 2.45) is 0 Å². The van der Waals surface area contributed by atoms with Crippen molar-refractivity contribution in [1.29, 1.82) is 0 Å². The van der Waals surface area contributed by atoms with Gasteiger partial charge >= 0.3 is 0 Å². The van der Waals surface area contributed by atoms with Gasteiger partial charge in [0.1, 0.15) is 5.76 Å². The third-order valence-corrected chi connectivity index (χ3v) is 5.92. The van der Waals surface area contributed by atoms with Crippen molar-refractivity contribution in [2.45, 2.75) is 53.0 Å². The van der Waals surface area contributed by atoms with Crippen molar-refractivity contribution in [1.82, 2.24) is 15.4 Å². The number of amides is 1. The van der Waals surface area contributed by atoms with E-state index in [0.29, 0.717) is 0 Å². The Hall–Kier alpha value is -2.34. The van der Waals surface area contributed by atoms with Crippen molar-refractivity contribution in [3.63, 3.8) is 0 Å². The number of aromatic nitrogens is 1. The molecule has 1 amide bonds. The molecule has 29 heavy (non-hydrogen) atoms. The Balaban J connectivity index is 1.42. The van der Waals surface area contributed by atoms with Gasteiger partial charge in [0.2, 0.25) is 5.91 Å². The Kier molecular flexibility index (Phi) is 6.96. The van der Waals surface area contributed by atoms with E-state index in [1.54, 1.807) is 0 Å². The summed E-state index contributed by atoms with van der Waals surface area (Å²) in [6.45, 7) is 15.1. The predicted molar refractivity (Wildman–Crippen MR) is 116 cm³/mol. The Morgan fingerprint density at radius 1 is 1.17 bits per heavy atom. The Morgan fingerprint density at radius 3 is 2.52 bits per heavy atom. The molecular formula is C23H34N4O2. The second-order valence-electron chi connectivity index (χ2n) is 8.33. The van der Waals surface area contributed by atoms with Gasteiger partial charge < -0.3 is 14.7 Å². The molecule has 6 heteroatoms. The van der Waals surface area contributed by atoms with Crippen LogP contribution in [0.5, 0.6) is 0 Å².